The number of sulfonamides is 1. The van der Waals surface area contributed by atoms with Crippen molar-refractivity contribution in [3.8, 4) is 0 Å². The zero-order chi connectivity index (χ0) is 15.5. The Morgan fingerprint density at radius 3 is 2.86 bits per heavy atom. The highest BCUT2D eigenvalue weighted by molar-refractivity contribution is 7.91. The lowest BCUT2D eigenvalue weighted by molar-refractivity contribution is 0.0590. The standard InChI is InChI=1S/C12H13N3O4S2/c1-8(9-4-3-5-13-6-9)15-21(17,18)12-10(11(16)19-2)14-7-20-12/h3-8,15H,1-2H3. The Morgan fingerprint density at radius 1 is 1.48 bits per heavy atom. The van der Waals surface area contributed by atoms with Gasteiger partial charge in [0.15, 0.2) is 9.90 Å². The fourth-order valence-corrected chi connectivity index (χ4v) is 4.03. The lowest BCUT2D eigenvalue weighted by Crippen LogP contribution is -2.27. The Hall–Kier alpha value is -1.84. The number of hydrogen-bond donors (Lipinski definition) is 1. The second-order valence-corrected chi connectivity index (χ2v) is 6.87. The molecule has 0 saturated carbocycles. The molecule has 21 heavy (non-hydrogen) atoms. The summed E-state index contributed by atoms with van der Waals surface area (Å²) in [5, 5.41) is 0. The number of nitrogens with zero attached hydrogens (tertiary/aromatic N) is 2. The third kappa shape index (κ3) is 3.43. The highest BCUT2D eigenvalue weighted by atomic mass is 32.2. The summed E-state index contributed by atoms with van der Waals surface area (Å²) < 4.78 is 31.5. The minimum Gasteiger partial charge on any atom is -0.464 e. The molecule has 0 aliphatic rings. The molecule has 112 valence electrons. The van der Waals surface area contributed by atoms with Crippen LogP contribution in [0.1, 0.15) is 29.0 Å². The fraction of sp³-hybridized carbons (Fsp3) is 0.250. The molecule has 0 fully saturated rings. The van der Waals surface area contributed by atoms with Crippen LogP contribution in [0.3, 0.4) is 0 Å². The number of methoxy groups -OCH3 is 1. The van der Waals surface area contributed by atoms with Crippen LogP contribution in [0, 0.1) is 0 Å². The first-order valence-corrected chi connectivity index (χ1v) is 8.26. The summed E-state index contributed by atoms with van der Waals surface area (Å²) in [5.74, 6) is -0.786. The Bertz CT molecular complexity index is 728. The van der Waals surface area contributed by atoms with Crippen molar-refractivity contribution in [3.05, 3.63) is 41.3 Å². The van der Waals surface area contributed by atoms with Crippen LogP contribution in [0.2, 0.25) is 0 Å². The van der Waals surface area contributed by atoms with E-state index in [1.807, 2.05) is 0 Å². The van der Waals surface area contributed by atoms with Crippen molar-refractivity contribution in [3.63, 3.8) is 0 Å². The molecular formula is C12H13N3O4S2. The summed E-state index contributed by atoms with van der Waals surface area (Å²) in [6.45, 7) is 1.69. The molecular weight excluding hydrogens is 314 g/mol. The quantitative estimate of drug-likeness (QED) is 0.833. The third-order valence-corrected chi connectivity index (χ3v) is 5.58. The van der Waals surface area contributed by atoms with Crippen molar-refractivity contribution >= 4 is 27.3 Å². The Balaban J connectivity index is 2.27. The lowest BCUT2D eigenvalue weighted by atomic mass is 10.2. The maximum absolute atomic E-state index is 12.3. The zero-order valence-corrected chi connectivity index (χ0v) is 12.9. The summed E-state index contributed by atoms with van der Waals surface area (Å²) in [6, 6.07) is 2.98. The second kappa shape index (κ2) is 6.29. The molecule has 0 bridgehead atoms. The zero-order valence-electron chi connectivity index (χ0n) is 11.3. The number of hydrogen-bond acceptors (Lipinski definition) is 7. The molecule has 0 aliphatic heterocycles. The summed E-state index contributed by atoms with van der Waals surface area (Å²) >= 11 is 0.859. The van der Waals surface area contributed by atoms with Crippen LogP contribution in [-0.4, -0.2) is 31.5 Å². The van der Waals surface area contributed by atoms with Gasteiger partial charge in [-0.25, -0.2) is 22.9 Å². The molecule has 0 aliphatic carbocycles. The van der Waals surface area contributed by atoms with Gasteiger partial charge in [0.2, 0.25) is 0 Å². The minimum absolute atomic E-state index is 0.162. The maximum atomic E-state index is 12.3. The molecule has 9 heteroatoms. The number of aromatic nitrogens is 2. The van der Waals surface area contributed by atoms with E-state index < -0.39 is 22.0 Å². The van der Waals surface area contributed by atoms with E-state index in [4.69, 9.17) is 0 Å². The number of thiazole rings is 1. The summed E-state index contributed by atoms with van der Waals surface area (Å²) in [7, 11) is -2.70. The molecule has 1 N–H and O–H groups in total. The van der Waals surface area contributed by atoms with Gasteiger partial charge >= 0.3 is 5.97 Å². The van der Waals surface area contributed by atoms with Gasteiger partial charge in [0.1, 0.15) is 0 Å². The van der Waals surface area contributed by atoms with E-state index in [0.29, 0.717) is 5.56 Å². The van der Waals surface area contributed by atoms with E-state index in [2.05, 4.69) is 19.4 Å². The average Bonchev–Trinajstić information content (AvgIpc) is 2.97. The number of nitrogens with one attached hydrogen (secondary N) is 1. The van der Waals surface area contributed by atoms with Gasteiger partial charge < -0.3 is 4.74 Å². The van der Waals surface area contributed by atoms with Crippen molar-refractivity contribution in [1.29, 1.82) is 0 Å². The van der Waals surface area contributed by atoms with Gasteiger partial charge in [-0.1, -0.05) is 6.07 Å². The van der Waals surface area contributed by atoms with E-state index in [1.54, 1.807) is 31.5 Å². The molecule has 1 unspecified atom stereocenters. The van der Waals surface area contributed by atoms with Crippen molar-refractivity contribution in [2.75, 3.05) is 7.11 Å². The molecule has 1 atom stereocenters. The van der Waals surface area contributed by atoms with Crippen LogP contribution in [0.25, 0.3) is 0 Å². The normalized spacial score (nSPS) is 12.9. The predicted molar refractivity (Wildman–Crippen MR) is 76.4 cm³/mol. The van der Waals surface area contributed by atoms with Gasteiger partial charge in [0.25, 0.3) is 10.0 Å². The molecule has 7 nitrogen and oxygen atoms in total. The van der Waals surface area contributed by atoms with Crippen LogP contribution in [0.4, 0.5) is 0 Å². The fourth-order valence-electron chi connectivity index (χ4n) is 1.65. The van der Waals surface area contributed by atoms with Crippen molar-refractivity contribution in [2.24, 2.45) is 0 Å². The number of ether oxygens (including phenoxy) is 1. The summed E-state index contributed by atoms with van der Waals surface area (Å²) in [5.41, 5.74) is 1.79. The predicted octanol–water partition coefficient (Wildman–Crippen LogP) is 1.36. The average molecular weight is 327 g/mol. The Labute approximate surface area is 126 Å². The monoisotopic (exact) mass is 327 g/mol. The van der Waals surface area contributed by atoms with E-state index >= 15 is 0 Å². The van der Waals surface area contributed by atoms with Crippen LogP contribution in [0.15, 0.2) is 34.2 Å². The third-order valence-electron chi connectivity index (χ3n) is 2.67. The van der Waals surface area contributed by atoms with Gasteiger partial charge in [0.05, 0.1) is 12.6 Å². The molecule has 0 amide bonds. The first-order valence-electron chi connectivity index (χ1n) is 5.89. The molecule has 0 aromatic carbocycles. The number of carbonyl (C=O) groups excluding carboxylic acids is 1. The van der Waals surface area contributed by atoms with Crippen LogP contribution in [-0.2, 0) is 14.8 Å². The summed E-state index contributed by atoms with van der Waals surface area (Å²) in [4.78, 5) is 19.2. The smallest absolute Gasteiger partial charge is 0.358 e. The van der Waals surface area contributed by atoms with E-state index in [0.717, 1.165) is 11.3 Å². The van der Waals surface area contributed by atoms with Gasteiger partial charge in [-0.3, -0.25) is 4.98 Å². The van der Waals surface area contributed by atoms with Crippen molar-refractivity contribution in [2.45, 2.75) is 17.2 Å². The second-order valence-electron chi connectivity index (χ2n) is 4.11. The van der Waals surface area contributed by atoms with Crippen LogP contribution >= 0.6 is 11.3 Å². The van der Waals surface area contributed by atoms with Gasteiger partial charge in [-0.15, -0.1) is 11.3 Å². The molecule has 2 aromatic heterocycles. The molecule has 2 heterocycles. The highest BCUT2D eigenvalue weighted by Crippen LogP contribution is 2.23. The first-order chi connectivity index (χ1) is 9.95. The van der Waals surface area contributed by atoms with Crippen LogP contribution < -0.4 is 4.72 Å². The first kappa shape index (κ1) is 15.5. The number of pyridine rings is 1. The number of esters is 1. The SMILES string of the molecule is COC(=O)c1ncsc1S(=O)(=O)NC(C)c1cccnc1. The number of carbonyl (C=O) groups is 1. The molecule has 0 radical (unpaired) electrons. The minimum atomic E-state index is -3.87. The largest absolute Gasteiger partial charge is 0.464 e. The molecule has 2 aromatic rings. The highest BCUT2D eigenvalue weighted by Gasteiger charge is 2.28. The van der Waals surface area contributed by atoms with Gasteiger partial charge in [-0.2, -0.15) is 0 Å². The van der Waals surface area contributed by atoms with Crippen molar-refractivity contribution < 1.29 is 17.9 Å². The molecule has 0 spiro atoms. The Morgan fingerprint density at radius 2 is 2.24 bits per heavy atom. The lowest BCUT2D eigenvalue weighted by Gasteiger charge is -2.13. The van der Waals surface area contributed by atoms with Gasteiger partial charge in [-0.05, 0) is 18.6 Å². The van der Waals surface area contributed by atoms with E-state index in [9.17, 15) is 13.2 Å². The summed E-state index contributed by atoms with van der Waals surface area (Å²) in [6.07, 6.45) is 3.17. The van der Waals surface area contributed by atoms with Gasteiger partial charge in [0, 0.05) is 18.4 Å². The Kier molecular flexibility index (Phi) is 4.66. The number of rotatable bonds is 5. The molecule has 0 saturated heterocycles. The van der Waals surface area contributed by atoms with E-state index in [-0.39, 0.29) is 9.90 Å². The van der Waals surface area contributed by atoms with E-state index in [1.165, 1.54) is 12.6 Å². The van der Waals surface area contributed by atoms with Crippen LogP contribution in [0.5, 0.6) is 0 Å². The van der Waals surface area contributed by atoms with Crippen molar-refractivity contribution in [1.82, 2.24) is 14.7 Å². The molecule has 2 rings (SSSR count). The maximum Gasteiger partial charge on any atom is 0.358 e. The topological polar surface area (TPSA) is 98.2 Å².